The quantitative estimate of drug-likeness (QED) is 0.706. The highest BCUT2D eigenvalue weighted by atomic mass is 16.6. The lowest BCUT2D eigenvalue weighted by Gasteiger charge is -2.35. The Morgan fingerprint density at radius 1 is 1.00 bits per heavy atom. The Hall–Kier alpha value is -2.82. The number of ether oxygens (including phenoxy) is 1. The van der Waals surface area contributed by atoms with E-state index < -0.39 is 12.1 Å². The molecule has 4 rings (SSSR count). The number of hydrogen-bond donors (Lipinski definition) is 1. The summed E-state index contributed by atoms with van der Waals surface area (Å²) < 4.78 is 5.75. The summed E-state index contributed by atoms with van der Waals surface area (Å²) in [6.45, 7) is 0.252. The van der Waals surface area contributed by atoms with Crippen molar-refractivity contribution in [3.8, 4) is 11.1 Å². The monoisotopic (exact) mass is 407 g/mol. The third kappa shape index (κ3) is 4.07. The van der Waals surface area contributed by atoms with Crippen LogP contribution in [0.5, 0.6) is 0 Å². The average Bonchev–Trinajstić information content (AvgIpc) is 3.09. The predicted octanol–water partition coefficient (Wildman–Crippen LogP) is 5.29. The first-order chi connectivity index (χ1) is 14.6. The third-order valence-electron chi connectivity index (χ3n) is 6.70. The first-order valence-corrected chi connectivity index (χ1v) is 10.9. The largest absolute Gasteiger partial charge is 0.481 e. The topological polar surface area (TPSA) is 66.8 Å². The number of carboxylic acid groups (broad SMARTS) is 1. The van der Waals surface area contributed by atoms with Crippen LogP contribution in [0.4, 0.5) is 4.79 Å². The molecular formula is C25H29NO4. The number of aliphatic carboxylic acids is 1. The van der Waals surface area contributed by atoms with E-state index in [1.165, 1.54) is 33.6 Å². The van der Waals surface area contributed by atoms with Gasteiger partial charge in [-0.1, -0.05) is 67.8 Å². The number of benzene rings is 2. The maximum absolute atomic E-state index is 12.9. The van der Waals surface area contributed by atoms with Crippen LogP contribution in [0, 0.1) is 5.92 Å². The number of hydrogen-bond acceptors (Lipinski definition) is 3. The summed E-state index contributed by atoms with van der Waals surface area (Å²) in [5.74, 6) is -0.647. The number of nitrogens with zero attached hydrogens (tertiary/aromatic N) is 1. The molecule has 0 heterocycles. The zero-order valence-corrected chi connectivity index (χ0v) is 17.4. The van der Waals surface area contributed by atoms with Gasteiger partial charge in [-0.3, -0.25) is 4.79 Å². The van der Waals surface area contributed by atoms with Gasteiger partial charge in [0.2, 0.25) is 0 Å². The zero-order chi connectivity index (χ0) is 21.1. The normalized spacial score (nSPS) is 17.1. The van der Waals surface area contributed by atoms with Crippen LogP contribution >= 0.6 is 0 Å². The summed E-state index contributed by atoms with van der Waals surface area (Å²) in [4.78, 5) is 25.9. The third-order valence-corrected chi connectivity index (χ3v) is 6.70. The van der Waals surface area contributed by atoms with Gasteiger partial charge < -0.3 is 14.7 Å². The molecule has 0 radical (unpaired) electrons. The summed E-state index contributed by atoms with van der Waals surface area (Å²) >= 11 is 0. The van der Waals surface area contributed by atoms with Crippen LogP contribution in [-0.2, 0) is 9.53 Å². The number of carboxylic acids is 1. The van der Waals surface area contributed by atoms with Crippen molar-refractivity contribution in [2.75, 3.05) is 13.7 Å². The molecule has 2 aromatic rings. The van der Waals surface area contributed by atoms with E-state index in [-0.39, 0.29) is 30.9 Å². The van der Waals surface area contributed by atoms with E-state index in [1.54, 1.807) is 7.05 Å². The molecule has 2 aromatic carbocycles. The van der Waals surface area contributed by atoms with E-state index in [2.05, 4.69) is 24.3 Å². The van der Waals surface area contributed by atoms with Gasteiger partial charge in [0.05, 0.1) is 6.42 Å². The zero-order valence-electron chi connectivity index (χ0n) is 17.4. The van der Waals surface area contributed by atoms with E-state index >= 15 is 0 Å². The maximum Gasteiger partial charge on any atom is 0.409 e. The van der Waals surface area contributed by atoms with Gasteiger partial charge >= 0.3 is 12.1 Å². The van der Waals surface area contributed by atoms with Crippen molar-refractivity contribution in [2.45, 2.75) is 50.5 Å². The maximum atomic E-state index is 12.9. The fourth-order valence-corrected chi connectivity index (χ4v) is 5.15. The minimum atomic E-state index is -0.871. The van der Waals surface area contributed by atoms with Crippen LogP contribution in [0.25, 0.3) is 11.1 Å². The van der Waals surface area contributed by atoms with Gasteiger partial charge in [0.1, 0.15) is 6.61 Å². The number of amides is 1. The molecular weight excluding hydrogens is 378 g/mol. The average molecular weight is 408 g/mol. The van der Waals surface area contributed by atoms with Gasteiger partial charge in [0.15, 0.2) is 0 Å². The van der Waals surface area contributed by atoms with Crippen molar-refractivity contribution >= 4 is 12.1 Å². The van der Waals surface area contributed by atoms with Crippen LogP contribution in [0.3, 0.4) is 0 Å². The molecule has 1 unspecified atom stereocenters. The summed E-state index contributed by atoms with van der Waals surface area (Å²) in [6, 6.07) is 16.1. The van der Waals surface area contributed by atoms with E-state index in [4.69, 9.17) is 4.74 Å². The van der Waals surface area contributed by atoms with Gasteiger partial charge in [-0.2, -0.15) is 0 Å². The Morgan fingerprint density at radius 3 is 2.13 bits per heavy atom. The highest BCUT2D eigenvalue weighted by molar-refractivity contribution is 5.79. The Bertz CT molecular complexity index is 873. The summed E-state index contributed by atoms with van der Waals surface area (Å²) in [7, 11) is 1.68. The standard InChI is InChI=1S/C25H29NO4/c1-26(23(15-24(27)28)17-9-3-2-4-10-17)25(29)30-16-22-20-13-7-5-11-18(20)19-12-6-8-14-21(19)22/h5-8,11-14,17,22-23H,2-4,9-10,15-16H2,1H3,(H,27,28). The molecule has 158 valence electrons. The Kier molecular flexibility index (Phi) is 6.07. The second-order valence-corrected chi connectivity index (χ2v) is 8.48. The lowest BCUT2D eigenvalue weighted by molar-refractivity contribution is -0.138. The molecule has 1 atom stereocenters. The van der Waals surface area contributed by atoms with Gasteiger partial charge in [-0.05, 0) is 41.0 Å². The van der Waals surface area contributed by atoms with E-state index in [1.807, 2.05) is 24.3 Å². The molecule has 0 aliphatic heterocycles. The Balaban J connectivity index is 1.47. The number of carbonyl (C=O) groups is 2. The lowest BCUT2D eigenvalue weighted by Crippen LogP contribution is -2.44. The van der Waals surface area contributed by atoms with E-state index in [0.29, 0.717) is 0 Å². The van der Waals surface area contributed by atoms with Crippen LogP contribution in [0.15, 0.2) is 48.5 Å². The molecule has 0 bridgehead atoms. The SMILES string of the molecule is CN(C(=O)OCC1c2ccccc2-c2ccccc21)C(CC(=O)O)C1CCCCC1. The van der Waals surface area contributed by atoms with Crippen molar-refractivity contribution in [1.82, 2.24) is 4.90 Å². The summed E-state index contributed by atoms with van der Waals surface area (Å²) in [5, 5.41) is 9.39. The van der Waals surface area contributed by atoms with Gasteiger partial charge in [-0.25, -0.2) is 4.79 Å². The fourth-order valence-electron chi connectivity index (χ4n) is 5.15. The van der Waals surface area contributed by atoms with E-state index in [0.717, 1.165) is 25.7 Å². The van der Waals surface area contributed by atoms with Crippen molar-refractivity contribution in [3.63, 3.8) is 0 Å². The first-order valence-electron chi connectivity index (χ1n) is 10.9. The molecule has 1 fully saturated rings. The van der Waals surface area contributed by atoms with Gasteiger partial charge in [0.25, 0.3) is 0 Å². The van der Waals surface area contributed by atoms with Crippen molar-refractivity contribution in [2.24, 2.45) is 5.92 Å². The molecule has 0 spiro atoms. The number of rotatable bonds is 6. The van der Waals surface area contributed by atoms with Crippen LogP contribution in [0.1, 0.15) is 55.6 Å². The second-order valence-electron chi connectivity index (χ2n) is 8.48. The smallest absolute Gasteiger partial charge is 0.409 e. The summed E-state index contributed by atoms with van der Waals surface area (Å²) in [5.41, 5.74) is 4.72. The van der Waals surface area contributed by atoms with Crippen LogP contribution in [-0.4, -0.2) is 41.8 Å². The molecule has 5 heteroatoms. The number of carbonyl (C=O) groups excluding carboxylic acids is 1. The minimum absolute atomic E-state index is 0.00218. The number of fused-ring (bicyclic) bond motifs is 3. The molecule has 2 aliphatic carbocycles. The highest BCUT2D eigenvalue weighted by Crippen LogP contribution is 2.44. The second kappa shape index (κ2) is 8.90. The van der Waals surface area contributed by atoms with Crippen molar-refractivity contribution < 1.29 is 19.4 Å². The Morgan fingerprint density at radius 2 is 1.57 bits per heavy atom. The molecule has 2 aliphatic rings. The summed E-state index contributed by atoms with van der Waals surface area (Å²) in [6.07, 6.45) is 4.85. The lowest BCUT2D eigenvalue weighted by atomic mass is 9.82. The molecule has 1 N–H and O–H groups in total. The molecule has 1 amide bonds. The molecule has 0 aromatic heterocycles. The molecule has 1 saturated carbocycles. The first kappa shape index (κ1) is 20.5. The molecule has 5 nitrogen and oxygen atoms in total. The van der Waals surface area contributed by atoms with Crippen LogP contribution < -0.4 is 0 Å². The highest BCUT2D eigenvalue weighted by Gasteiger charge is 2.34. The van der Waals surface area contributed by atoms with E-state index in [9.17, 15) is 14.7 Å². The van der Waals surface area contributed by atoms with Crippen LogP contribution in [0.2, 0.25) is 0 Å². The fraction of sp³-hybridized carbons (Fsp3) is 0.440. The molecule has 30 heavy (non-hydrogen) atoms. The Labute approximate surface area is 177 Å². The van der Waals surface area contributed by atoms with Crippen molar-refractivity contribution in [3.05, 3.63) is 59.7 Å². The predicted molar refractivity (Wildman–Crippen MR) is 115 cm³/mol. The molecule has 0 saturated heterocycles. The van der Waals surface area contributed by atoms with Crippen molar-refractivity contribution in [1.29, 1.82) is 0 Å². The minimum Gasteiger partial charge on any atom is -0.481 e. The van der Waals surface area contributed by atoms with Gasteiger partial charge in [0, 0.05) is 19.0 Å². The van der Waals surface area contributed by atoms with Gasteiger partial charge in [-0.15, -0.1) is 0 Å².